The molecular formula is C21H26N4O5. The van der Waals surface area contributed by atoms with Crippen molar-refractivity contribution in [3.05, 3.63) is 71.3 Å². The molecule has 9 nitrogen and oxygen atoms in total. The van der Waals surface area contributed by atoms with Crippen molar-refractivity contribution in [2.45, 2.75) is 19.6 Å². The van der Waals surface area contributed by atoms with E-state index in [1.165, 1.54) is 0 Å². The molecule has 9 heteroatoms. The average Bonchev–Trinajstić information content (AvgIpc) is 2.78. The summed E-state index contributed by atoms with van der Waals surface area (Å²) in [5.41, 5.74) is 2.72. The summed E-state index contributed by atoms with van der Waals surface area (Å²) in [7, 11) is 1.55. The van der Waals surface area contributed by atoms with E-state index in [4.69, 9.17) is 9.47 Å². The topological polar surface area (TPSA) is 118 Å². The third-order valence-corrected chi connectivity index (χ3v) is 3.94. The summed E-state index contributed by atoms with van der Waals surface area (Å²) in [4.78, 5) is 34.6. The minimum absolute atomic E-state index is 0.0469. The van der Waals surface area contributed by atoms with E-state index in [1.54, 1.807) is 7.05 Å². The molecule has 160 valence electrons. The molecule has 2 aromatic carbocycles. The van der Waals surface area contributed by atoms with Gasteiger partial charge in [-0.15, -0.1) is 0 Å². The van der Waals surface area contributed by atoms with E-state index in [0.717, 1.165) is 16.7 Å². The van der Waals surface area contributed by atoms with Crippen LogP contribution in [0.4, 0.5) is 14.4 Å². The number of nitrogens with one attached hydrogen (secondary N) is 4. The second kappa shape index (κ2) is 12.7. The highest BCUT2D eigenvalue weighted by molar-refractivity contribution is 5.73. The molecule has 0 bridgehead atoms. The van der Waals surface area contributed by atoms with Crippen LogP contribution in [-0.2, 0) is 29.1 Å². The molecule has 0 unspecified atom stereocenters. The molecule has 0 aliphatic carbocycles. The summed E-state index contributed by atoms with van der Waals surface area (Å²) >= 11 is 0. The predicted molar refractivity (Wildman–Crippen MR) is 111 cm³/mol. The molecule has 2 aromatic rings. The predicted octanol–water partition coefficient (Wildman–Crippen LogP) is 2.27. The Balaban J connectivity index is 1.58. The van der Waals surface area contributed by atoms with Crippen molar-refractivity contribution < 1.29 is 23.9 Å². The van der Waals surface area contributed by atoms with Crippen molar-refractivity contribution in [3.63, 3.8) is 0 Å². The quantitative estimate of drug-likeness (QED) is 0.470. The Morgan fingerprint density at radius 2 is 1.20 bits per heavy atom. The molecule has 4 amide bonds. The van der Waals surface area contributed by atoms with Crippen LogP contribution in [0.1, 0.15) is 16.7 Å². The number of urea groups is 1. The van der Waals surface area contributed by atoms with Gasteiger partial charge in [0.1, 0.15) is 13.2 Å². The molecule has 2 rings (SSSR count). The van der Waals surface area contributed by atoms with Crippen LogP contribution in [0.25, 0.3) is 0 Å². The number of amides is 4. The minimum Gasteiger partial charge on any atom is -0.446 e. The van der Waals surface area contributed by atoms with Crippen LogP contribution < -0.4 is 21.3 Å². The smallest absolute Gasteiger partial charge is 0.407 e. The Labute approximate surface area is 175 Å². The summed E-state index contributed by atoms with van der Waals surface area (Å²) < 4.78 is 9.93. The molecular weight excluding hydrogens is 388 g/mol. The summed E-state index contributed by atoms with van der Waals surface area (Å²) in [6.45, 7) is 0.904. The lowest BCUT2D eigenvalue weighted by molar-refractivity contribution is 0.0952. The highest BCUT2D eigenvalue weighted by Gasteiger charge is 2.06. The van der Waals surface area contributed by atoms with Gasteiger partial charge in [-0.1, -0.05) is 54.6 Å². The second-order valence-corrected chi connectivity index (χ2v) is 6.22. The number of hydrogen-bond acceptors (Lipinski definition) is 5. The maximum atomic E-state index is 11.8. The molecule has 0 aliphatic rings. The first-order valence-electron chi connectivity index (χ1n) is 9.45. The second-order valence-electron chi connectivity index (χ2n) is 6.22. The van der Waals surface area contributed by atoms with Crippen molar-refractivity contribution in [1.29, 1.82) is 0 Å². The first kappa shape index (κ1) is 22.5. The number of rotatable bonds is 9. The molecule has 0 aliphatic heterocycles. The molecule has 0 atom stereocenters. The molecule has 0 fully saturated rings. The largest absolute Gasteiger partial charge is 0.446 e. The lowest BCUT2D eigenvalue weighted by Crippen LogP contribution is -2.32. The van der Waals surface area contributed by atoms with Crippen LogP contribution in [0.5, 0.6) is 0 Å². The van der Waals surface area contributed by atoms with Crippen LogP contribution in [0, 0.1) is 0 Å². The van der Waals surface area contributed by atoms with Gasteiger partial charge in [-0.05, 0) is 16.7 Å². The van der Waals surface area contributed by atoms with E-state index in [2.05, 4.69) is 21.3 Å². The third-order valence-electron chi connectivity index (χ3n) is 3.94. The van der Waals surface area contributed by atoms with Gasteiger partial charge >= 0.3 is 18.2 Å². The number of benzene rings is 2. The fourth-order valence-electron chi connectivity index (χ4n) is 2.44. The third kappa shape index (κ3) is 8.96. The Hall–Kier alpha value is -3.75. The average molecular weight is 414 g/mol. The van der Waals surface area contributed by atoms with Crippen molar-refractivity contribution in [2.75, 3.05) is 20.3 Å². The van der Waals surface area contributed by atoms with Gasteiger partial charge in [0.05, 0.1) is 0 Å². The maximum Gasteiger partial charge on any atom is 0.407 e. The first-order chi connectivity index (χ1) is 14.6. The van der Waals surface area contributed by atoms with E-state index >= 15 is 0 Å². The van der Waals surface area contributed by atoms with Gasteiger partial charge in [0.15, 0.2) is 0 Å². The highest BCUT2D eigenvalue weighted by atomic mass is 16.6. The van der Waals surface area contributed by atoms with Gasteiger partial charge in [0, 0.05) is 26.7 Å². The summed E-state index contributed by atoms with van der Waals surface area (Å²) in [6.07, 6.45) is -1.19. The molecule has 30 heavy (non-hydrogen) atoms. The number of ether oxygens (including phenoxy) is 2. The number of hydrogen-bond donors (Lipinski definition) is 4. The van der Waals surface area contributed by atoms with Gasteiger partial charge in [0.25, 0.3) is 0 Å². The van der Waals surface area contributed by atoms with Crippen LogP contribution in [0.3, 0.4) is 0 Å². The van der Waals surface area contributed by atoms with Crippen LogP contribution in [0.15, 0.2) is 54.6 Å². The lowest BCUT2D eigenvalue weighted by atomic mass is 10.1. The van der Waals surface area contributed by atoms with Gasteiger partial charge < -0.3 is 30.7 Å². The Morgan fingerprint density at radius 3 is 1.77 bits per heavy atom. The Morgan fingerprint density at radius 1 is 0.700 bits per heavy atom. The summed E-state index contributed by atoms with van der Waals surface area (Å²) in [6, 6.07) is 16.6. The lowest BCUT2D eigenvalue weighted by Gasteiger charge is -2.10. The number of carbonyl (C=O) groups excluding carboxylic acids is 3. The highest BCUT2D eigenvalue weighted by Crippen LogP contribution is 2.05. The van der Waals surface area contributed by atoms with E-state index in [-0.39, 0.29) is 25.8 Å². The molecule has 0 spiro atoms. The monoisotopic (exact) mass is 414 g/mol. The molecule has 0 saturated heterocycles. The zero-order valence-corrected chi connectivity index (χ0v) is 16.8. The van der Waals surface area contributed by atoms with Gasteiger partial charge in [-0.3, -0.25) is 0 Å². The minimum atomic E-state index is -0.614. The van der Waals surface area contributed by atoms with E-state index < -0.39 is 12.2 Å². The van der Waals surface area contributed by atoms with E-state index in [1.807, 2.05) is 54.6 Å². The van der Waals surface area contributed by atoms with Crippen LogP contribution in [-0.4, -0.2) is 38.5 Å². The maximum absolute atomic E-state index is 11.8. The van der Waals surface area contributed by atoms with Crippen molar-refractivity contribution in [3.8, 4) is 0 Å². The normalized spacial score (nSPS) is 9.90. The zero-order chi connectivity index (χ0) is 21.6. The SMILES string of the molecule is CNC(=O)NCc1cccc(CNC(=O)OCCOC(=O)NCc2ccccc2)c1. The zero-order valence-electron chi connectivity index (χ0n) is 16.8. The van der Waals surface area contributed by atoms with Gasteiger partial charge in [0.2, 0.25) is 0 Å². The van der Waals surface area contributed by atoms with Gasteiger partial charge in [-0.25, -0.2) is 14.4 Å². The fourth-order valence-corrected chi connectivity index (χ4v) is 2.44. The van der Waals surface area contributed by atoms with Crippen LogP contribution in [0.2, 0.25) is 0 Å². The van der Waals surface area contributed by atoms with Crippen LogP contribution >= 0.6 is 0 Å². The number of carbonyl (C=O) groups is 3. The summed E-state index contributed by atoms with van der Waals surface area (Å²) in [5, 5.41) is 10.4. The Kier molecular flexibility index (Phi) is 9.51. The summed E-state index contributed by atoms with van der Waals surface area (Å²) in [5.74, 6) is 0. The molecule has 0 aromatic heterocycles. The Bertz CT molecular complexity index is 829. The van der Waals surface area contributed by atoms with Crippen molar-refractivity contribution >= 4 is 18.2 Å². The molecule has 4 N–H and O–H groups in total. The molecule has 0 saturated carbocycles. The van der Waals surface area contributed by atoms with Crippen molar-refractivity contribution in [2.24, 2.45) is 0 Å². The first-order valence-corrected chi connectivity index (χ1v) is 9.45. The van der Waals surface area contributed by atoms with Crippen molar-refractivity contribution in [1.82, 2.24) is 21.3 Å². The molecule has 0 heterocycles. The standard InChI is InChI=1S/C21H26N4O5/c1-22-19(26)23-14-17-8-5-9-18(12-17)15-25-21(28)30-11-10-29-20(27)24-13-16-6-3-2-4-7-16/h2-9,12H,10-11,13-15H2,1H3,(H,24,27)(H,25,28)(H2,22,23,26). The van der Waals surface area contributed by atoms with Gasteiger partial charge in [-0.2, -0.15) is 0 Å². The fraction of sp³-hybridized carbons (Fsp3) is 0.286. The van der Waals surface area contributed by atoms with E-state index in [9.17, 15) is 14.4 Å². The van der Waals surface area contributed by atoms with E-state index in [0.29, 0.717) is 13.1 Å². The molecule has 0 radical (unpaired) electrons. The number of alkyl carbamates (subject to hydrolysis) is 2.